The molecule has 0 spiro atoms. The smallest absolute Gasteiger partial charge is 0.214 e. The summed E-state index contributed by atoms with van der Waals surface area (Å²) in [5, 5.41) is 8.92. The van der Waals surface area contributed by atoms with Gasteiger partial charge in [0.25, 0.3) is 0 Å². The Kier molecular flexibility index (Phi) is 5.86. The fraction of sp³-hybridized carbons (Fsp3) is 0.400. The van der Waals surface area contributed by atoms with Crippen LogP contribution in [0.1, 0.15) is 24.0 Å². The number of ether oxygens (including phenoxy) is 2. The van der Waals surface area contributed by atoms with Crippen LogP contribution < -0.4 is 9.47 Å². The van der Waals surface area contributed by atoms with E-state index in [-0.39, 0.29) is 0 Å². The lowest BCUT2D eigenvalue weighted by Gasteiger charge is -2.31. The van der Waals surface area contributed by atoms with E-state index in [2.05, 4.69) is 28.1 Å². The number of likely N-dealkylation sites (tertiary alicyclic amines) is 1. The zero-order chi connectivity index (χ0) is 17.5. The van der Waals surface area contributed by atoms with Gasteiger partial charge < -0.3 is 9.47 Å². The first-order valence-electron chi connectivity index (χ1n) is 8.61. The first kappa shape index (κ1) is 17.2. The van der Waals surface area contributed by atoms with Crippen molar-refractivity contribution in [2.24, 2.45) is 5.92 Å². The molecule has 1 aromatic heterocycles. The van der Waals surface area contributed by atoms with E-state index in [4.69, 9.17) is 14.7 Å². The molecule has 0 radical (unpaired) electrons. The molecule has 0 atom stereocenters. The Bertz CT molecular complexity index is 734. The third-order valence-corrected chi connectivity index (χ3v) is 4.58. The number of nitrogens with zero attached hydrogens (tertiary/aromatic N) is 3. The minimum Gasteiger partial charge on any atom is -0.497 e. The number of nitriles is 1. The molecule has 1 aliphatic rings. The van der Waals surface area contributed by atoms with Gasteiger partial charge in [0.05, 0.1) is 25.3 Å². The predicted octanol–water partition coefficient (Wildman–Crippen LogP) is 3.25. The van der Waals surface area contributed by atoms with Crippen LogP contribution in [0.2, 0.25) is 0 Å². The minimum absolute atomic E-state index is 0.536. The average molecular weight is 337 g/mol. The molecule has 2 heterocycles. The van der Waals surface area contributed by atoms with Crippen molar-refractivity contribution in [2.45, 2.75) is 19.4 Å². The zero-order valence-electron chi connectivity index (χ0n) is 14.5. The maximum atomic E-state index is 8.92. The Morgan fingerprint density at radius 1 is 1.24 bits per heavy atom. The molecule has 5 nitrogen and oxygen atoms in total. The van der Waals surface area contributed by atoms with Crippen LogP contribution in [0.5, 0.6) is 11.6 Å². The summed E-state index contributed by atoms with van der Waals surface area (Å²) in [6.45, 7) is 3.75. The summed E-state index contributed by atoms with van der Waals surface area (Å²) in [7, 11) is 1.70. The van der Waals surface area contributed by atoms with Gasteiger partial charge in [0.15, 0.2) is 0 Å². The topological polar surface area (TPSA) is 58.4 Å². The van der Waals surface area contributed by atoms with E-state index < -0.39 is 0 Å². The third-order valence-electron chi connectivity index (χ3n) is 4.58. The highest BCUT2D eigenvalue weighted by Crippen LogP contribution is 2.21. The molecule has 3 rings (SSSR count). The summed E-state index contributed by atoms with van der Waals surface area (Å²) >= 11 is 0. The number of hydrogen-bond acceptors (Lipinski definition) is 5. The summed E-state index contributed by atoms with van der Waals surface area (Å²) in [5.74, 6) is 1.99. The largest absolute Gasteiger partial charge is 0.497 e. The molecule has 1 saturated heterocycles. The molecular weight excluding hydrogens is 314 g/mol. The molecule has 1 fully saturated rings. The fourth-order valence-corrected chi connectivity index (χ4v) is 3.10. The van der Waals surface area contributed by atoms with Crippen LogP contribution in [0.15, 0.2) is 42.6 Å². The fourth-order valence-electron chi connectivity index (χ4n) is 3.10. The maximum absolute atomic E-state index is 8.92. The molecule has 5 heteroatoms. The Balaban J connectivity index is 1.44. The normalized spacial score (nSPS) is 15.5. The highest BCUT2D eigenvalue weighted by Gasteiger charge is 2.20. The van der Waals surface area contributed by atoms with Gasteiger partial charge in [0.1, 0.15) is 5.75 Å². The lowest BCUT2D eigenvalue weighted by atomic mass is 9.97. The second-order valence-electron chi connectivity index (χ2n) is 6.38. The SMILES string of the molecule is COc1cccc(CN2CCC(COc3cc(C#N)ccn3)CC2)c1. The summed E-state index contributed by atoms with van der Waals surface area (Å²) in [6.07, 6.45) is 3.84. The van der Waals surface area contributed by atoms with Crippen molar-refractivity contribution in [3.05, 3.63) is 53.7 Å². The van der Waals surface area contributed by atoms with E-state index in [1.807, 2.05) is 12.1 Å². The van der Waals surface area contributed by atoms with Crippen LogP contribution in [-0.4, -0.2) is 36.7 Å². The number of methoxy groups -OCH3 is 1. The quantitative estimate of drug-likeness (QED) is 0.810. The van der Waals surface area contributed by atoms with E-state index in [1.165, 1.54) is 5.56 Å². The molecule has 25 heavy (non-hydrogen) atoms. The molecule has 0 bridgehead atoms. The maximum Gasteiger partial charge on any atom is 0.214 e. The standard InChI is InChI=1S/C20H23N3O2/c1-24-19-4-2-3-18(11-19)14-23-9-6-16(7-10-23)15-25-20-12-17(13-21)5-8-22-20/h2-5,8,11-12,16H,6-7,9-10,14-15H2,1H3. The van der Waals surface area contributed by atoms with E-state index in [9.17, 15) is 0 Å². The van der Waals surface area contributed by atoms with Crippen molar-refractivity contribution in [2.75, 3.05) is 26.8 Å². The minimum atomic E-state index is 0.536. The predicted molar refractivity (Wildman–Crippen MR) is 95.4 cm³/mol. The number of rotatable bonds is 6. The molecule has 130 valence electrons. The zero-order valence-corrected chi connectivity index (χ0v) is 14.5. The second kappa shape index (κ2) is 8.50. The van der Waals surface area contributed by atoms with Crippen LogP contribution >= 0.6 is 0 Å². The van der Waals surface area contributed by atoms with Crippen LogP contribution in [0.3, 0.4) is 0 Å². The Morgan fingerprint density at radius 2 is 2.08 bits per heavy atom. The molecule has 1 aromatic carbocycles. The Morgan fingerprint density at radius 3 is 2.84 bits per heavy atom. The molecular formula is C20H23N3O2. The van der Waals surface area contributed by atoms with Gasteiger partial charge in [-0.25, -0.2) is 4.98 Å². The summed E-state index contributed by atoms with van der Waals surface area (Å²) < 4.78 is 11.1. The van der Waals surface area contributed by atoms with E-state index in [1.54, 1.807) is 25.4 Å². The van der Waals surface area contributed by atoms with E-state index in [0.717, 1.165) is 38.2 Å². The van der Waals surface area contributed by atoms with Gasteiger partial charge in [0, 0.05) is 18.8 Å². The first-order chi connectivity index (χ1) is 12.3. The van der Waals surface area contributed by atoms with Gasteiger partial charge in [-0.3, -0.25) is 4.90 Å². The molecule has 0 amide bonds. The Labute approximate surface area is 148 Å². The molecule has 0 unspecified atom stereocenters. The number of benzene rings is 1. The van der Waals surface area contributed by atoms with Crippen LogP contribution in [0, 0.1) is 17.2 Å². The van der Waals surface area contributed by atoms with Crippen molar-refractivity contribution in [3.63, 3.8) is 0 Å². The van der Waals surface area contributed by atoms with Gasteiger partial charge in [-0.15, -0.1) is 0 Å². The van der Waals surface area contributed by atoms with E-state index >= 15 is 0 Å². The molecule has 1 aliphatic heterocycles. The molecule has 0 saturated carbocycles. The summed E-state index contributed by atoms with van der Waals surface area (Å²) in [4.78, 5) is 6.64. The number of hydrogen-bond donors (Lipinski definition) is 0. The highest BCUT2D eigenvalue weighted by molar-refractivity contribution is 5.31. The van der Waals surface area contributed by atoms with Crippen LogP contribution in [0.4, 0.5) is 0 Å². The lowest BCUT2D eigenvalue weighted by molar-refractivity contribution is 0.134. The Hall–Kier alpha value is -2.58. The van der Waals surface area contributed by atoms with Gasteiger partial charge in [-0.2, -0.15) is 5.26 Å². The highest BCUT2D eigenvalue weighted by atomic mass is 16.5. The van der Waals surface area contributed by atoms with Gasteiger partial charge in [-0.1, -0.05) is 12.1 Å². The van der Waals surface area contributed by atoms with Gasteiger partial charge >= 0.3 is 0 Å². The van der Waals surface area contributed by atoms with Gasteiger partial charge in [0.2, 0.25) is 5.88 Å². The first-order valence-corrected chi connectivity index (χ1v) is 8.61. The van der Waals surface area contributed by atoms with Crippen molar-refractivity contribution in [1.29, 1.82) is 5.26 Å². The van der Waals surface area contributed by atoms with E-state index in [0.29, 0.717) is 24.0 Å². The average Bonchev–Trinajstić information content (AvgIpc) is 2.68. The van der Waals surface area contributed by atoms with Crippen LogP contribution in [0.25, 0.3) is 0 Å². The summed E-state index contributed by atoms with van der Waals surface area (Å²) in [6, 6.07) is 13.7. The van der Waals surface area contributed by atoms with Crippen molar-refractivity contribution in [1.82, 2.24) is 9.88 Å². The third kappa shape index (κ3) is 4.94. The molecule has 0 N–H and O–H groups in total. The molecule has 2 aromatic rings. The number of aromatic nitrogens is 1. The second-order valence-corrected chi connectivity index (χ2v) is 6.38. The lowest BCUT2D eigenvalue weighted by Crippen LogP contribution is -2.35. The van der Waals surface area contributed by atoms with Crippen LogP contribution in [-0.2, 0) is 6.54 Å². The number of piperidine rings is 1. The van der Waals surface area contributed by atoms with Gasteiger partial charge in [-0.05, 0) is 55.6 Å². The van der Waals surface area contributed by atoms with Crippen molar-refractivity contribution >= 4 is 0 Å². The number of pyridine rings is 1. The van der Waals surface area contributed by atoms with Crippen molar-refractivity contribution < 1.29 is 9.47 Å². The van der Waals surface area contributed by atoms with Crippen molar-refractivity contribution in [3.8, 4) is 17.7 Å². The summed E-state index contributed by atoms with van der Waals surface area (Å²) in [5.41, 5.74) is 1.87. The monoisotopic (exact) mass is 337 g/mol. The molecule has 0 aliphatic carbocycles.